The highest BCUT2D eigenvalue weighted by Crippen LogP contribution is 2.36. The van der Waals surface area contributed by atoms with E-state index in [1.165, 1.54) is 6.07 Å². The van der Waals surface area contributed by atoms with Crippen LogP contribution in [-0.2, 0) is 15.8 Å². The van der Waals surface area contributed by atoms with Gasteiger partial charge in [-0.25, -0.2) is 0 Å². The first-order valence-electron chi connectivity index (χ1n) is 8.18. The number of piperidine rings is 1. The van der Waals surface area contributed by atoms with Crippen LogP contribution in [0.25, 0.3) is 0 Å². The number of hydrogen-bond acceptors (Lipinski definition) is 2. The molecule has 1 aromatic rings. The maximum Gasteiger partial charge on any atom is 0.418 e. The summed E-state index contributed by atoms with van der Waals surface area (Å²) in [6.45, 7) is 2.55. The van der Waals surface area contributed by atoms with Crippen molar-refractivity contribution in [1.29, 1.82) is 0 Å². The zero-order valence-corrected chi connectivity index (χ0v) is 14.6. The molecule has 0 spiro atoms. The molecule has 1 aliphatic heterocycles. The van der Waals surface area contributed by atoms with E-state index in [4.69, 9.17) is 11.6 Å². The largest absolute Gasteiger partial charge is 0.418 e. The maximum absolute atomic E-state index is 13.0. The fourth-order valence-corrected chi connectivity index (χ4v) is 3.22. The Hall–Kier alpha value is -1.76. The lowest BCUT2D eigenvalue weighted by molar-refractivity contribution is -0.137. The van der Waals surface area contributed by atoms with Gasteiger partial charge in [0.2, 0.25) is 11.8 Å². The van der Waals surface area contributed by atoms with Crippen LogP contribution >= 0.6 is 11.6 Å². The minimum Gasteiger partial charge on any atom is -0.339 e. The number of carbonyl (C=O) groups is 2. The molecule has 25 heavy (non-hydrogen) atoms. The van der Waals surface area contributed by atoms with Crippen LogP contribution in [0.15, 0.2) is 18.2 Å². The first-order chi connectivity index (χ1) is 11.7. The van der Waals surface area contributed by atoms with E-state index in [1.54, 1.807) is 4.90 Å². The highest BCUT2D eigenvalue weighted by Gasteiger charge is 2.34. The molecule has 1 atom stereocenters. The number of anilines is 1. The minimum atomic E-state index is -4.66. The Labute approximate surface area is 149 Å². The highest BCUT2D eigenvalue weighted by atomic mass is 35.5. The summed E-state index contributed by atoms with van der Waals surface area (Å²) in [5.74, 6) is -1.12. The molecule has 1 saturated heterocycles. The van der Waals surface area contributed by atoms with Gasteiger partial charge in [0.25, 0.3) is 0 Å². The molecule has 2 rings (SSSR count). The number of hydrogen-bond donors (Lipinski definition) is 1. The van der Waals surface area contributed by atoms with Crippen LogP contribution in [0.4, 0.5) is 18.9 Å². The predicted molar refractivity (Wildman–Crippen MR) is 89.3 cm³/mol. The van der Waals surface area contributed by atoms with Crippen LogP contribution in [0, 0.1) is 0 Å². The molecule has 1 fully saturated rings. The zero-order chi connectivity index (χ0) is 18.6. The number of nitrogens with one attached hydrogen (secondary N) is 1. The van der Waals surface area contributed by atoms with Crippen molar-refractivity contribution in [2.45, 2.75) is 51.2 Å². The smallest absolute Gasteiger partial charge is 0.339 e. The van der Waals surface area contributed by atoms with Gasteiger partial charge in [0.05, 0.1) is 11.3 Å². The third-order valence-electron chi connectivity index (χ3n) is 4.29. The first kappa shape index (κ1) is 19.6. The van der Waals surface area contributed by atoms with E-state index in [2.05, 4.69) is 5.32 Å². The molecule has 8 heteroatoms. The van der Waals surface area contributed by atoms with Crippen molar-refractivity contribution in [3.8, 4) is 0 Å². The summed E-state index contributed by atoms with van der Waals surface area (Å²) in [5, 5.41) is 2.10. The highest BCUT2D eigenvalue weighted by molar-refractivity contribution is 6.30. The topological polar surface area (TPSA) is 49.4 Å². The van der Waals surface area contributed by atoms with Crippen LogP contribution in [0.1, 0.15) is 44.6 Å². The summed E-state index contributed by atoms with van der Waals surface area (Å²) in [6, 6.07) is 3.18. The normalized spacial score (nSPS) is 18.1. The van der Waals surface area contributed by atoms with Gasteiger partial charge in [-0.05, 0) is 43.9 Å². The van der Waals surface area contributed by atoms with Crippen LogP contribution in [0.3, 0.4) is 0 Å². The Bertz CT molecular complexity index is 649. The van der Waals surface area contributed by atoms with Crippen molar-refractivity contribution in [2.75, 3.05) is 11.9 Å². The fourth-order valence-electron chi connectivity index (χ4n) is 3.05. The lowest BCUT2D eigenvalue weighted by Gasteiger charge is -2.35. The molecule has 0 saturated carbocycles. The Morgan fingerprint density at radius 2 is 2.04 bits per heavy atom. The summed E-state index contributed by atoms with van der Waals surface area (Å²) in [4.78, 5) is 26.1. The zero-order valence-electron chi connectivity index (χ0n) is 13.8. The van der Waals surface area contributed by atoms with E-state index in [1.807, 2.05) is 6.92 Å². The number of benzene rings is 1. The van der Waals surface area contributed by atoms with E-state index in [0.717, 1.165) is 37.8 Å². The fraction of sp³-hybridized carbons (Fsp3) is 0.529. The maximum atomic E-state index is 13.0. The average Bonchev–Trinajstić information content (AvgIpc) is 2.55. The van der Waals surface area contributed by atoms with E-state index in [9.17, 15) is 22.8 Å². The predicted octanol–water partition coefficient (Wildman–Crippen LogP) is 4.48. The number of rotatable bonds is 4. The van der Waals surface area contributed by atoms with Crippen LogP contribution in [0.2, 0.25) is 5.02 Å². The van der Waals surface area contributed by atoms with E-state index >= 15 is 0 Å². The molecule has 1 aliphatic rings. The number of amides is 2. The molecule has 1 unspecified atom stereocenters. The Balaban J connectivity index is 2.06. The lowest BCUT2D eigenvalue weighted by atomic mass is 9.99. The molecular weight excluding hydrogens is 357 g/mol. The number of nitrogens with zero attached hydrogens (tertiary/aromatic N) is 1. The van der Waals surface area contributed by atoms with E-state index in [-0.39, 0.29) is 17.0 Å². The molecule has 0 bridgehead atoms. The van der Waals surface area contributed by atoms with Crippen molar-refractivity contribution in [3.05, 3.63) is 28.8 Å². The third kappa shape index (κ3) is 5.11. The molecule has 1 N–H and O–H groups in total. The molecule has 2 amide bonds. The van der Waals surface area contributed by atoms with Gasteiger partial charge in [0, 0.05) is 17.6 Å². The summed E-state index contributed by atoms with van der Waals surface area (Å²) in [7, 11) is 0. The third-order valence-corrected chi connectivity index (χ3v) is 4.53. The first-order valence-corrected chi connectivity index (χ1v) is 8.56. The molecule has 0 aliphatic carbocycles. The number of halogens is 4. The van der Waals surface area contributed by atoms with E-state index < -0.39 is 29.8 Å². The van der Waals surface area contributed by atoms with Gasteiger partial charge in [0.1, 0.15) is 6.42 Å². The molecular formula is C17H20ClF3N2O2. The van der Waals surface area contributed by atoms with Gasteiger partial charge in [-0.2, -0.15) is 13.2 Å². The summed E-state index contributed by atoms with van der Waals surface area (Å²) in [6.07, 6.45) is -1.54. The molecule has 1 heterocycles. The van der Waals surface area contributed by atoms with Gasteiger partial charge >= 0.3 is 6.18 Å². The molecule has 1 aromatic carbocycles. The van der Waals surface area contributed by atoms with Crippen LogP contribution < -0.4 is 5.32 Å². The minimum absolute atomic E-state index is 0.0829. The lowest BCUT2D eigenvalue weighted by Crippen LogP contribution is -2.44. The monoisotopic (exact) mass is 376 g/mol. The molecule has 138 valence electrons. The standard InChI is InChI=1S/C17H20ClF3N2O2/c1-2-12-5-3-4-8-23(12)16(25)10-15(24)22-14-7-6-11(18)9-13(14)17(19,20)21/h6-7,9,12H,2-5,8,10H2,1H3,(H,22,24). The van der Waals surface area contributed by atoms with Gasteiger partial charge in [-0.3, -0.25) is 9.59 Å². The second-order valence-electron chi connectivity index (χ2n) is 6.06. The number of alkyl halides is 3. The quantitative estimate of drug-likeness (QED) is 0.788. The molecule has 4 nitrogen and oxygen atoms in total. The number of likely N-dealkylation sites (tertiary alicyclic amines) is 1. The summed E-state index contributed by atoms with van der Waals surface area (Å²) in [5.41, 5.74) is -1.44. The van der Waals surface area contributed by atoms with Gasteiger partial charge in [0.15, 0.2) is 0 Å². The Morgan fingerprint density at radius 3 is 2.68 bits per heavy atom. The van der Waals surface area contributed by atoms with Crippen LogP contribution in [0.5, 0.6) is 0 Å². The van der Waals surface area contributed by atoms with E-state index in [0.29, 0.717) is 6.54 Å². The average molecular weight is 377 g/mol. The van der Waals surface area contributed by atoms with Crippen molar-refractivity contribution < 1.29 is 22.8 Å². The van der Waals surface area contributed by atoms with Crippen molar-refractivity contribution >= 4 is 29.1 Å². The van der Waals surface area contributed by atoms with Crippen LogP contribution in [-0.4, -0.2) is 29.3 Å². The summed E-state index contributed by atoms with van der Waals surface area (Å²) >= 11 is 5.60. The van der Waals surface area contributed by atoms with Gasteiger partial charge in [-0.1, -0.05) is 18.5 Å². The SMILES string of the molecule is CCC1CCCCN1C(=O)CC(=O)Nc1ccc(Cl)cc1C(F)(F)F. The van der Waals surface area contributed by atoms with Crippen molar-refractivity contribution in [1.82, 2.24) is 4.90 Å². The number of carbonyl (C=O) groups excluding carboxylic acids is 2. The van der Waals surface area contributed by atoms with Gasteiger partial charge in [-0.15, -0.1) is 0 Å². The second-order valence-corrected chi connectivity index (χ2v) is 6.49. The Kier molecular flexibility index (Phi) is 6.32. The molecule has 0 aromatic heterocycles. The second kappa shape index (κ2) is 8.08. The summed E-state index contributed by atoms with van der Waals surface area (Å²) < 4.78 is 39.1. The van der Waals surface area contributed by atoms with Crippen molar-refractivity contribution in [2.24, 2.45) is 0 Å². The van der Waals surface area contributed by atoms with Crippen molar-refractivity contribution in [3.63, 3.8) is 0 Å². The molecule has 0 radical (unpaired) electrons. The van der Waals surface area contributed by atoms with Gasteiger partial charge < -0.3 is 10.2 Å². The Morgan fingerprint density at radius 1 is 1.32 bits per heavy atom.